The standard InChI is InChI=1S/C13H25NO2/c1-4-5-6-7-13(2,3)10-14-9-11(15)8-12(14)16/h11,15H,4-10H2,1-3H3. The molecular weight excluding hydrogens is 202 g/mol. The molecule has 3 nitrogen and oxygen atoms in total. The first-order valence-electron chi connectivity index (χ1n) is 6.40. The number of carbonyl (C=O) groups is 1. The van der Waals surface area contributed by atoms with E-state index in [9.17, 15) is 9.90 Å². The lowest BCUT2D eigenvalue weighted by atomic mass is 9.86. The molecule has 0 spiro atoms. The van der Waals surface area contributed by atoms with Gasteiger partial charge in [0.05, 0.1) is 12.5 Å². The minimum atomic E-state index is -0.445. The Bertz CT molecular complexity index is 238. The van der Waals surface area contributed by atoms with Gasteiger partial charge in [0.1, 0.15) is 0 Å². The van der Waals surface area contributed by atoms with Crippen LogP contribution in [0, 0.1) is 5.41 Å². The van der Waals surface area contributed by atoms with Crippen LogP contribution in [0.15, 0.2) is 0 Å². The summed E-state index contributed by atoms with van der Waals surface area (Å²) in [7, 11) is 0. The molecule has 1 heterocycles. The number of unbranched alkanes of at least 4 members (excludes halogenated alkanes) is 2. The molecule has 0 aromatic rings. The smallest absolute Gasteiger partial charge is 0.225 e. The van der Waals surface area contributed by atoms with Crippen LogP contribution in [0.1, 0.15) is 52.9 Å². The van der Waals surface area contributed by atoms with Gasteiger partial charge < -0.3 is 10.0 Å². The van der Waals surface area contributed by atoms with Gasteiger partial charge in [-0.1, -0.05) is 40.0 Å². The van der Waals surface area contributed by atoms with Crippen molar-refractivity contribution in [3.05, 3.63) is 0 Å². The Labute approximate surface area is 98.8 Å². The van der Waals surface area contributed by atoms with E-state index in [0.717, 1.165) is 13.0 Å². The number of aliphatic hydroxyl groups excluding tert-OH is 1. The van der Waals surface area contributed by atoms with E-state index in [-0.39, 0.29) is 11.3 Å². The van der Waals surface area contributed by atoms with Gasteiger partial charge in [-0.3, -0.25) is 4.79 Å². The Morgan fingerprint density at radius 3 is 2.62 bits per heavy atom. The van der Waals surface area contributed by atoms with Crippen LogP contribution in [0.25, 0.3) is 0 Å². The number of rotatable bonds is 6. The lowest BCUT2D eigenvalue weighted by Crippen LogP contribution is -2.35. The molecule has 1 aliphatic heterocycles. The highest BCUT2D eigenvalue weighted by Gasteiger charge is 2.31. The molecule has 1 unspecified atom stereocenters. The van der Waals surface area contributed by atoms with Gasteiger partial charge in [0.2, 0.25) is 5.91 Å². The molecule has 1 aliphatic rings. The third kappa shape index (κ3) is 4.12. The maximum atomic E-state index is 11.6. The fraction of sp³-hybridized carbons (Fsp3) is 0.923. The number of hydrogen-bond donors (Lipinski definition) is 1. The van der Waals surface area contributed by atoms with Crippen LogP contribution < -0.4 is 0 Å². The Hall–Kier alpha value is -0.570. The van der Waals surface area contributed by atoms with Crippen molar-refractivity contribution >= 4 is 5.91 Å². The number of carbonyl (C=O) groups excluding carboxylic acids is 1. The number of amides is 1. The van der Waals surface area contributed by atoms with Crippen molar-refractivity contribution in [3.63, 3.8) is 0 Å². The van der Waals surface area contributed by atoms with Gasteiger partial charge in [0.15, 0.2) is 0 Å². The first-order valence-corrected chi connectivity index (χ1v) is 6.40. The van der Waals surface area contributed by atoms with Crippen molar-refractivity contribution in [1.82, 2.24) is 4.90 Å². The predicted molar refractivity (Wildman–Crippen MR) is 65.1 cm³/mol. The fourth-order valence-electron chi connectivity index (χ4n) is 2.35. The summed E-state index contributed by atoms with van der Waals surface area (Å²) >= 11 is 0. The molecule has 3 heteroatoms. The zero-order valence-electron chi connectivity index (χ0n) is 10.8. The third-order valence-electron chi connectivity index (χ3n) is 3.27. The Balaban J connectivity index is 2.36. The van der Waals surface area contributed by atoms with E-state index in [0.29, 0.717) is 13.0 Å². The molecule has 1 amide bonds. The molecule has 0 radical (unpaired) electrons. The Morgan fingerprint density at radius 1 is 1.44 bits per heavy atom. The Morgan fingerprint density at radius 2 is 2.12 bits per heavy atom. The summed E-state index contributed by atoms with van der Waals surface area (Å²) in [6.07, 6.45) is 4.75. The number of β-amino-alcohol motifs (C(OH)–C–C–N with tert-alkyl or cyclic N) is 1. The summed E-state index contributed by atoms with van der Waals surface area (Å²) in [6.45, 7) is 7.93. The summed E-state index contributed by atoms with van der Waals surface area (Å²) in [5, 5.41) is 9.42. The van der Waals surface area contributed by atoms with Crippen LogP contribution in [0.3, 0.4) is 0 Å². The maximum Gasteiger partial charge on any atom is 0.225 e. The van der Waals surface area contributed by atoms with Crippen molar-refractivity contribution in [1.29, 1.82) is 0 Å². The number of nitrogens with zero attached hydrogens (tertiary/aromatic N) is 1. The quantitative estimate of drug-likeness (QED) is 0.707. The summed E-state index contributed by atoms with van der Waals surface area (Å²) in [5.41, 5.74) is 0.175. The molecule has 0 aromatic heterocycles. The summed E-state index contributed by atoms with van der Waals surface area (Å²) in [5.74, 6) is 0.107. The van der Waals surface area contributed by atoms with Crippen molar-refractivity contribution in [2.75, 3.05) is 13.1 Å². The molecule has 0 bridgehead atoms. The highest BCUT2D eigenvalue weighted by molar-refractivity contribution is 5.79. The summed E-state index contributed by atoms with van der Waals surface area (Å²) in [6, 6.07) is 0. The van der Waals surface area contributed by atoms with Gasteiger partial charge in [0.25, 0.3) is 0 Å². The zero-order valence-corrected chi connectivity index (χ0v) is 10.8. The van der Waals surface area contributed by atoms with Crippen LogP contribution in [-0.2, 0) is 4.79 Å². The van der Waals surface area contributed by atoms with Gasteiger partial charge in [-0.2, -0.15) is 0 Å². The first kappa shape index (κ1) is 13.5. The van der Waals surface area contributed by atoms with E-state index < -0.39 is 6.10 Å². The van der Waals surface area contributed by atoms with Gasteiger partial charge in [-0.25, -0.2) is 0 Å². The molecule has 0 aromatic carbocycles. The van der Waals surface area contributed by atoms with Gasteiger partial charge in [-0.15, -0.1) is 0 Å². The minimum Gasteiger partial charge on any atom is -0.391 e. The zero-order chi connectivity index (χ0) is 12.2. The van der Waals surface area contributed by atoms with Crippen LogP contribution in [0.5, 0.6) is 0 Å². The minimum absolute atomic E-state index is 0.107. The molecule has 1 rings (SSSR count). The lowest BCUT2D eigenvalue weighted by molar-refractivity contribution is -0.129. The topological polar surface area (TPSA) is 40.5 Å². The molecule has 16 heavy (non-hydrogen) atoms. The normalized spacial score (nSPS) is 21.9. The van der Waals surface area contributed by atoms with Gasteiger partial charge in [0, 0.05) is 13.1 Å². The molecule has 94 valence electrons. The average Bonchev–Trinajstić information content (AvgIpc) is 2.44. The second kappa shape index (κ2) is 5.67. The Kier molecular flexibility index (Phi) is 4.78. The van der Waals surface area contributed by atoms with E-state index in [1.54, 1.807) is 0 Å². The molecule has 1 fully saturated rings. The van der Waals surface area contributed by atoms with E-state index in [2.05, 4.69) is 20.8 Å². The molecule has 1 atom stereocenters. The fourth-order valence-corrected chi connectivity index (χ4v) is 2.35. The van der Waals surface area contributed by atoms with Crippen LogP contribution in [0.4, 0.5) is 0 Å². The van der Waals surface area contributed by atoms with Crippen LogP contribution in [-0.4, -0.2) is 35.1 Å². The highest BCUT2D eigenvalue weighted by atomic mass is 16.3. The molecular formula is C13H25NO2. The third-order valence-corrected chi connectivity index (χ3v) is 3.27. The average molecular weight is 227 g/mol. The van der Waals surface area contributed by atoms with Gasteiger partial charge >= 0.3 is 0 Å². The maximum absolute atomic E-state index is 11.6. The molecule has 1 saturated heterocycles. The summed E-state index contributed by atoms with van der Waals surface area (Å²) in [4.78, 5) is 13.4. The van der Waals surface area contributed by atoms with Crippen LogP contribution >= 0.6 is 0 Å². The van der Waals surface area contributed by atoms with Gasteiger partial charge in [-0.05, 0) is 11.8 Å². The van der Waals surface area contributed by atoms with E-state index in [4.69, 9.17) is 0 Å². The van der Waals surface area contributed by atoms with E-state index >= 15 is 0 Å². The van der Waals surface area contributed by atoms with Crippen molar-refractivity contribution in [2.24, 2.45) is 5.41 Å². The molecule has 1 N–H and O–H groups in total. The molecule has 0 aliphatic carbocycles. The van der Waals surface area contributed by atoms with Crippen molar-refractivity contribution < 1.29 is 9.90 Å². The second-order valence-electron chi connectivity index (χ2n) is 5.75. The van der Waals surface area contributed by atoms with Crippen molar-refractivity contribution in [3.8, 4) is 0 Å². The molecule has 0 saturated carbocycles. The monoisotopic (exact) mass is 227 g/mol. The summed E-state index contributed by atoms with van der Waals surface area (Å²) < 4.78 is 0. The second-order valence-corrected chi connectivity index (χ2v) is 5.75. The van der Waals surface area contributed by atoms with Crippen molar-refractivity contribution in [2.45, 2.75) is 59.0 Å². The number of hydrogen-bond acceptors (Lipinski definition) is 2. The predicted octanol–water partition coefficient (Wildman–Crippen LogP) is 2.19. The lowest BCUT2D eigenvalue weighted by Gasteiger charge is -2.30. The number of likely N-dealkylation sites (tertiary alicyclic amines) is 1. The first-order chi connectivity index (χ1) is 7.44. The highest BCUT2D eigenvalue weighted by Crippen LogP contribution is 2.27. The largest absolute Gasteiger partial charge is 0.391 e. The van der Waals surface area contributed by atoms with Crippen LogP contribution in [0.2, 0.25) is 0 Å². The van der Waals surface area contributed by atoms with E-state index in [1.807, 2.05) is 4.90 Å². The SMILES string of the molecule is CCCCCC(C)(C)CN1CC(O)CC1=O. The van der Waals surface area contributed by atoms with E-state index in [1.165, 1.54) is 19.3 Å². The number of aliphatic hydroxyl groups is 1.